The van der Waals surface area contributed by atoms with Crippen LogP contribution in [-0.2, 0) is 9.59 Å². The highest BCUT2D eigenvalue weighted by Gasteiger charge is 2.48. The fraction of sp³-hybridized carbons (Fsp3) is 0.0952. The molecule has 0 aliphatic carbocycles. The molecule has 1 amide bonds. The van der Waals surface area contributed by atoms with E-state index in [9.17, 15) is 14.7 Å². The van der Waals surface area contributed by atoms with E-state index in [1.807, 2.05) is 24.3 Å². The first kappa shape index (κ1) is 16.8. The monoisotopic (exact) mass is 360 g/mol. The van der Waals surface area contributed by atoms with E-state index < -0.39 is 17.7 Å². The third-order valence-corrected chi connectivity index (χ3v) is 4.47. The number of Topliss-reactive ketones (excluding diaryl/α,β-unsaturated/α-hetero) is 1. The van der Waals surface area contributed by atoms with Gasteiger partial charge in [0.1, 0.15) is 11.5 Å². The van der Waals surface area contributed by atoms with Crippen molar-refractivity contribution < 1.29 is 19.2 Å². The number of hydrogen-bond donors (Lipinski definition) is 1. The van der Waals surface area contributed by atoms with Crippen molar-refractivity contribution in [1.29, 1.82) is 0 Å². The van der Waals surface area contributed by atoms with Gasteiger partial charge in [-0.1, -0.05) is 65.8 Å². The minimum Gasteiger partial charge on any atom is -0.507 e. The van der Waals surface area contributed by atoms with Gasteiger partial charge in [0, 0.05) is 11.6 Å². The molecule has 1 aliphatic rings. The molecular weight excluding hydrogens is 344 g/mol. The maximum absolute atomic E-state index is 12.8. The van der Waals surface area contributed by atoms with E-state index >= 15 is 0 Å². The van der Waals surface area contributed by atoms with Gasteiger partial charge in [-0.15, -0.1) is 0 Å². The average Bonchev–Trinajstić information content (AvgIpc) is 3.24. The molecule has 1 aliphatic heterocycles. The summed E-state index contributed by atoms with van der Waals surface area (Å²) in [6.45, 7) is 1.70. The van der Waals surface area contributed by atoms with Gasteiger partial charge in [-0.2, -0.15) is 0 Å². The maximum Gasteiger partial charge on any atom is 0.301 e. The first-order valence-corrected chi connectivity index (χ1v) is 8.42. The normalized spacial score (nSPS) is 18.9. The third-order valence-electron chi connectivity index (χ3n) is 4.47. The van der Waals surface area contributed by atoms with E-state index in [4.69, 9.17) is 4.52 Å². The number of aryl methyl sites for hydroxylation is 1. The van der Waals surface area contributed by atoms with Gasteiger partial charge in [0.25, 0.3) is 5.78 Å². The summed E-state index contributed by atoms with van der Waals surface area (Å²) in [7, 11) is 0. The van der Waals surface area contributed by atoms with Gasteiger partial charge < -0.3 is 9.63 Å². The molecule has 27 heavy (non-hydrogen) atoms. The van der Waals surface area contributed by atoms with Crippen LogP contribution in [-0.4, -0.2) is 22.0 Å². The smallest absolute Gasteiger partial charge is 0.301 e. The fourth-order valence-electron chi connectivity index (χ4n) is 3.24. The second-order valence-corrected chi connectivity index (χ2v) is 6.24. The van der Waals surface area contributed by atoms with Crippen LogP contribution in [0.4, 0.5) is 5.82 Å². The number of aliphatic hydroxyl groups is 1. The summed E-state index contributed by atoms with van der Waals surface area (Å²) < 4.78 is 5.09. The minimum absolute atomic E-state index is 0.0260. The van der Waals surface area contributed by atoms with Crippen LogP contribution in [0.5, 0.6) is 0 Å². The highest BCUT2D eigenvalue weighted by Crippen LogP contribution is 2.41. The van der Waals surface area contributed by atoms with Crippen LogP contribution in [0.2, 0.25) is 0 Å². The van der Waals surface area contributed by atoms with Gasteiger partial charge >= 0.3 is 5.91 Å². The molecule has 1 fully saturated rings. The Kier molecular flexibility index (Phi) is 4.08. The lowest BCUT2D eigenvalue weighted by Gasteiger charge is -2.22. The molecule has 4 rings (SSSR count). The molecule has 2 heterocycles. The maximum atomic E-state index is 12.8. The van der Waals surface area contributed by atoms with Crippen molar-refractivity contribution in [2.45, 2.75) is 13.0 Å². The van der Waals surface area contributed by atoms with Crippen molar-refractivity contribution in [3.63, 3.8) is 0 Å². The van der Waals surface area contributed by atoms with Crippen LogP contribution in [0.15, 0.2) is 76.8 Å². The Hall–Kier alpha value is -3.67. The Morgan fingerprint density at radius 1 is 1.04 bits per heavy atom. The summed E-state index contributed by atoms with van der Waals surface area (Å²) in [5, 5.41) is 14.7. The first-order valence-electron chi connectivity index (χ1n) is 8.42. The molecule has 1 atom stereocenters. The van der Waals surface area contributed by atoms with E-state index in [-0.39, 0.29) is 17.2 Å². The summed E-state index contributed by atoms with van der Waals surface area (Å²) >= 11 is 0. The lowest BCUT2D eigenvalue weighted by Crippen LogP contribution is -2.29. The van der Waals surface area contributed by atoms with E-state index in [1.54, 1.807) is 49.4 Å². The van der Waals surface area contributed by atoms with Crippen LogP contribution >= 0.6 is 0 Å². The summed E-state index contributed by atoms with van der Waals surface area (Å²) in [5.74, 6) is -0.983. The number of carbonyl (C=O) groups is 2. The van der Waals surface area contributed by atoms with Gasteiger partial charge in [0.05, 0.1) is 11.6 Å². The number of carbonyl (C=O) groups excluding carboxylic acids is 2. The lowest BCUT2D eigenvalue weighted by atomic mass is 9.95. The molecule has 0 saturated carbocycles. The topological polar surface area (TPSA) is 83.6 Å². The molecule has 1 aromatic heterocycles. The summed E-state index contributed by atoms with van der Waals surface area (Å²) in [6, 6.07) is 18.5. The van der Waals surface area contributed by atoms with Crippen molar-refractivity contribution in [1.82, 2.24) is 5.16 Å². The zero-order chi connectivity index (χ0) is 19.0. The van der Waals surface area contributed by atoms with Crippen LogP contribution in [0.3, 0.4) is 0 Å². The lowest BCUT2D eigenvalue weighted by molar-refractivity contribution is -0.132. The number of benzene rings is 2. The molecule has 0 bridgehead atoms. The summed E-state index contributed by atoms with van der Waals surface area (Å²) in [6.07, 6.45) is 0. The molecule has 0 spiro atoms. The Morgan fingerprint density at radius 3 is 2.26 bits per heavy atom. The summed E-state index contributed by atoms with van der Waals surface area (Å²) in [4.78, 5) is 26.9. The summed E-state index contributed by atoms with van der Waals surface area (Å²) in [5.41, 5.74) is 1.18. The molecule has 1 saturated heterocycles. The standard InChI is InChI=1S/C21H16N2O4/c1-13-12-16(22-27-13)23-18(14-8-4-2-5-9-14)17(20(25)21(23)26)19(24)15-10-6-3-7-11-15/h2-12,18,24H,1H3/b19-17+/t18-/m1/s1. The van der Waals surface area contributed by atoms with Gasteiger partial charge in [0.2, 0.25) is 0 Å². The van der Waals surface area contributed by atoms with E-state index in [0.29, 0.717) is 16.9 Å². The molecule has 0 unspecified atom stereocenters. The predicted molar refractivity (Wildman–Crippen MR) is 98.9 cm³/mol. The van der Waals surface area contributed by atoms with Crippen molar-refractivity contribution in [3.8, 4) is 0 Å². The van der Waals surface area contributed by atoms with Gasteiger partial charge in [-0.05, 0) is 12.5 Å². The van der Waals surface area contributed by atoms with Gasteiger partial charge in [-0.3, -0.25) is 14.5 Å². The van der Waals surface area contributed by atoms with E-state index in [1.165, 1.54) is 4.90 Å². The van der Waals surface area contributed by atoms with Crippen LogP contribution < -0.4 is 4.90 Å². The van der Waals surface area contributed by atoms with Crippen molar-refractivity contribution in [2.75, 3.05) is 4.90 Å². The second kappa shape index (κ2) is 6.57. The number of anilines is 1. The van der Waals surface area contributed by atoms with Gasteiger partial charge in [-0.25, -0.2) is 0 Å². The van der Waals surface area contributed by atoms with Crippen LogP contribution in [0, 0.1) is 6.92 Å². The Balaban J connectivity index is 1.94. The SMILES string of the molecule is Cc1cc(N2C(=O)C(=O)/C(=C(/O)c3ccccc3)[C@H]2c2ccccc2)no1. The first-order chi connectivity index (χ1) is 13.1. The number of ketones is 1. The van der Waals surface area contributed by atoms with E-state index in [0.717, 1.165) is 0 Å². The third kappa shape index (κ3) is 2.81. The minimum atomic E-state index is -0.795. The highest BCUT2D eigenvalue weighted by atomic mass is 16.5. The molecular formula is C21H16N2O4. The number of nitrogens with zero attached hydrogens (tertiary/aromatic N) is 2. The van der Waals surface area contributed by atoms with Gasteiger partial charge in [0.15, 0.2) is 5.82 Å². The number of amides is 1. The molecule has 6 heteroatoms. The highest BCUT2D eigenvalue weighted by molar-refractivity contribution is 6.51. The Bertz CT molecular complexity index is 1040. The Labute approximate surface area is 155 Å². The zero-order valence-corrected chi connectivity index (χ0v) is 14.5. The fourth-order valence-corrected chi connectivity index (χ4v) is 3.24. The average molecular weight is 360 g/mol. The second-order valence-electron chi connectivity index (χ2n) is 6.24. The Morgan fingerprint density at radius 2 is 1.67 bits per heavy atom. The molecule has 2 aromatic carbocycles. The van der Waals surface area contributed by atoms with Crippen molar-refractivity contribution in [2.24, 2.45) is 0 Å². The van der Waals surface area contributed by atoms with Crippen LogP contribution in [0.1, 0.15) is 22.9 Å². The number of aromatic nitrogens is 1. The number of aliphatic hydroxyl groups excluding tert-OH is 1. The molecule has 134 valence electrons. The molecule has 0 radical (unpaired) electrons. The largest absolute Gasteiger partial charge is 0.507 e. The quantitative estimate of drug-likeness (QED) is 0.438. The number of hydrogen-bond acceptors (Lipinski definition) is 5. The van der Waals surface area contributed by atoms with Crippen molar-refractivity contribution in [3.05, 3.63) is 89.2 Å². The molecule has 6 nitrogen and oxygen atoms in total. The predicted octanol–water partition coefficient (Wildman–Crippen LogP) is 3.61. The zero-order valence-electron chi connectivity index (χ0n) is 14.5. The van der Waals surface area contributed by atoms with E-state index in [2.05, 4.69) is 5.16 Å². The molecule has 3 aromatic rings. The van der Waals surface area contributed by atoms with Crippen LogP contribution in [0.25, 0.3) is 5.76 Å². The van der Waals surface area contributed by atoms with Crippen molar-refractivity contribution >= 4 is 23.3 Å². The molecule has 1 N–H and O–H groups in total. The number of rotatable bonds is 3.